The number of H-pyrrole nitrogens is 2. The Balaban J connectivity index is 1.00. The SMILES string of the molecule is COC(=O)N[C@H](C(=O)N1CCC[C@H]1c1ncc(-c2ccc3cc(-c4ccc5nc([C@@H]6[C@H]7CC[C@H](C7)N6C(=O)[C@@H](NC(=O)OC)C(C)C)[nH]c5c4)ccc3c2)[nH]1)C(C)C. The van der Waals surface area contributed by atoms with E-state index >= 15 is 0 Å². The van der Waals surface area contributed by atoms with E-state index in [0.717, 1.165) is 87.9 Å². The van der Waals surface area contributed by atoms with Crippen molar-refractivity contribution in [3.8, 4) is 22.4 Å². The highest BCUT2D eigenvalue weighted by Gasteiger charge is 2.51. The Bertz CT molecular complexity index is 2370. The number of hydrogen-bond acceptors (Lipinski definition) is 8. The van der Waals surface area contributed by atoms with Crippen molar-refractivity contribution in [1.29, 1.82) is 0 Å². The number of rotatable bonds is 10. The quantitative estimate of drug-likeness (QED) is 0.115. The summed E-state index contributed by atoms with van der Waals surface area (Å²) in [6.45, 7) is 8.26. The molecule has 0 unspecified atom stereocenters. The van der Waals surface area contributed by atoms with Gasteiger partial charge in [0.2, 0.25) is 11.8 Å². The molecule has 3 aromatic carbocycles. The number of piperidine rings is 1. The minimum absolute atomic E-state index is 0.0929. The molecule has 304 valence electrons. The van der Waals surface area contributed by atoms with E-state index < -0.39 is 24.3 Å². The lowest BCUT2D eigenvalue weighted by atomic mass is 9.95. The lowest BCUT2D eigenvalue weighted by Crippen LogP contribution is -2.54. The zero-order chi connectivity index (χ0) is 40.8. The van der Waals surface area contributed by atoms with Crippen molar-refractivity contribution < 1.29 is 28.7 Å². The summed E-state index contributed by atoms with van der Waals surface area (Å²) in [4.78, 5) is 72.3. The van der Waals surface area contributed by atoms with E-state index in [2.05, 4.69) is 69.1 Å². The minimum atomic E-state index is -0.691. The summed E-state index contributed by atoms with van der Waals surface area (Å²) < 4.78 is 9.61. The van der Waals surface area contributed by atoms with E-state index in [4.69, 9.17) is 19.4 Å². The molecule has 1 saturated carbocycles. The molecular weight excluding hydrogens is 737 g/mol. The highest BCUT2D eigenvalue weighted by atomic mass is 16.5. The molecule has 3 fully saturated rings. The number of carbonyl (C=O) groups excluding carboxylic acids is 4. The van der Waals surface area contributed by atoms with E-state index in [0.29, 0.717) is 12.5 Å². The van der Waals surface area contributed by atoms with Crippen molar-refractivity contribution in [2.24, 2.45) is 17.8 Å². The van der Waals surface area contributed by atoms with Crippen molar-refractivity contribution >= 4 is 45.8 Å². The molecule has 0 spiro atoms. The van der Waals surface area contributed by atoms with Crippen LogP contribution in [0.3, 0.4) is 0 Å². The summed E-state index contributed by atoms with van der Waals surface area (Å²) in [7, 11) is 2.60. The standard InChI is InChI=1S/C44H52N8O6/c1-23(2)36(49-43(55)57-5)41(53)51-17-7-8-35(51)39-45-22-34(48-39)29-12-11-25-18-26(9-10-27(25)19-29)28-14-16-32-33(21-28)47-40(46-32)38-30-13-15-31(20-30)52(38)42(54)37(24(3)4)50-44(56)58-6/h9-12,14,16,18-19,21-24,30-31,35-38H,7-8,13,15,17,20H2,1-6H3,(H,45,48)(H,46,47)(H,49,55)(H,50,56)/t30-,31+,35-,36-,37-,38-/m0/s1. The summed E-state index contributed by atoms with van der Waals surface area (Å²) in [5.41, 5.74) is 5.72. The molecule has 2 aromatic heterocycles. The first-order valence-corrected chi connectivity index (χ1v) is 20.3. The fourth-order valence-electron chi connectivity index (χ4n) is 9.30. The maximum Gasteiger partial charge on any atom is 0.407 e. The molecule has 5 aromatic rings. The van der Waals surface area contributed by atoms with Gasteiger partial charge in [0.1, 0.15) is 23.7 Å². The van der Waals surface area contributed by atoms with Gasteiger partial charge in [-0.1, -0.05) is 58.0 Å². The maximum atomic E-state index is 14.0. The van der Waals surface area contributed by atoms with Crippen LogP contribution < -0.4 is 10.6 Å². The first-order valence-electron chi connectivity index (χ1n) is 20.3. The van der Waals surface area contributed by atoms with E-state index in [-0.39, 0.29) is 41.8 Å². The first-order chi connectivity index (χ1) is 27.9. The number of carbonyl (C=O) groups is 4. The highest BCUT2D eigenvalue weighted by molar-refractivity contribution is 5.92. The number of amides is 4. The van der Waals surface area contributed by atoms with Gasteiger partial charge >= 0.3 is 12.2 Å². The lowest BCUT2D eigenvalue weighted by molar-refractivity contribution is -0.139. The predicted octanol–water partition coefficient (Wildman–Crippen LogP) is 7.25. The molecule has 14 heteroatoms. The Hall–Kier alpha value is -5.92. The van der Waals surface area contributed by atoms with Crippen molar-refractivity contribution in [3.05, 3.63) is 72.4 Å². The van der Waals surface area contributed by atoms with Crippen LogP contribution in [-0.4, -0.2) is 92.6 Å². The number of imidazole rings is 2. The van der Waals surface area contributed by atoms with Gasteiger partial charge in [-0.2, -0.15) is 0 Å². The number of nitrogens with zero attached hydrogens (tertiary/aromatic N) is 4. The maximum absolute atomic E-state index is 14.0. The van der Waals surface area contributed by atoms with E-state index in [1.54, 1.807) is 0 Å². The van der Waals surface area contributed by atoms with Crippen LogP contribution in [0.2, 0.25) is 0 Å². The third-order valence-electron chi connectivity index (χ3n) is 12.3. The van der Waals surface area contributed by atoms with Crippen LogP contribution in [0.1, 0.15) is 83.5 Å². The molecule has 2 aliphatic heterocycles. The molecule has 6 atom stereocenters. The monoisotopic (exact) mass is 788 g/mol. The molecule has 4 heterocycles. The molecule has 2 saturated heterocycles. The van der Waals surface area contributed by atoms with Gasteiger partial charge in [0, 0.05) is 18.2 Å². The van der Waals surface area contributed by atoms with Gasteiger partial charge in [0.25, 0.3) is 0 Å². The summed E-state index contributed by atoms with van der Waals surface area (Å²) >= 11 is 0. The van der Waals surface area contributed by atoms with Gasteiger partial charge in [-0.3, -0.25) is 9.59 Å². The number of fused-ring (bicyclic) bond motifs is 4. The van der Waals surface area contributed by atoms with Gasteiger partial charge in [-0.15, -0.1) is 0 Å². The molecule has 0 radical (unpaired) electrons. The third-order valence-corrected chi connectivity index (χ3v) is 12.3. The number of ether oxygens (including phenoxy) is 2. The van der Waals surface area contributed by atoms with Crippen LogP contribution in [0.5, 0.6) is 0 Å². The van der Waals surface area contributed by atoms with Crippen LogP contribution >= 0.6 is 0 Å². The van der Waals surface area contributed by atoms with Crippen LogP contribution in [0.15, 0.2) is 60.8 Å². The van der Waals surface area contributed by atoms with Crippen LogP contribution in [-0.2, 0) is 19.1 Å². The zero-order valence-electron chi connectivity index (χ0n) is 33.9. The number of methoxy groups -OCH3 is 2. The minimum Gasteiger partial charge on any atom is -0.453 e. The Kier molecular flexibility index (Phi) is 10.6. The molecule has 4 amide bonds. The number of aromatic nitrogens is 4. The Morgan fingerprint density at radius 2 is 1.40 bits per heavy atom. The largest absolute Gasteiger partial charge is 0.453 e. The molecule has 4 N–H and O–H groups in total. The second kappa shape index (κ2) is 15.8. The first kappa shape index (κ1) is 38.9. The average molecular weight is 789 g/mol. The fourth-order valence-corrected chi connectivity index (χ4v) is 9.30. The summed E-state index contributed by atoms with van der Waals surface area (Å²) in [5, 5.41) is 7.64. The van der Waals surface area contributed by atoms with E-state index in [1.165, 1.54) is 14.2 Å². The summed E-state index contributed by atoms with van der Waals surface area (Å²) in [6.07, 6.45) is 5.13. The number of likely N-dealkylation sites (tertiary alicyclic amines) is 2. The summed E-state index contributed by atoms with van der Waals surface area (Å²) in [5.74, 6) is 1.37. The highest BCUT2D eigenvalue weighted by Crippen LogP contribution is 2.50. The second-order valence-electron chi connectivity index (χ2n) is 16.6. The zero-order valence-corrected chi connectivity index (χ0v) is 33.9. The number of benzene rings is 3. The Morgan fingerprint density at radius 3 is 2.09 bits per heavy atom. The third kappa shape index (κ3) is 7.24. The lowest BCUT2D eigenvalue weighted by Gasteiger charge is -2.37. The van der Waals surface area contributed by atoms with Gasteiger partial charge < -0.3 is 39.9 Å². The van der Waals surface area contributed by atoms with Crippen molar-refractivity contribution in [1.82, 2.24) is 40.4 Å². The smallest absolute Gasteiger partial charge is 0.407 e. The van der Waals surface area contributed by atoms with Crippen LogP contribution in [0.4, 0.5) is 9.59 Å². The predicted molar refractivity (Wildman–Crippen MR) is 219 cm³/mol. The van der Waals surface area contributed by atoms with E-state index in [1.807, 2.05) is 49.8 Å². The number of aromatic amines is 2. The van der Waals surface area contributed by atoms with Gasteiger partial charge in [-0.05, 0) is 96.0 Å². The van der Waals surface area contributed by atoms with Gasteiger partial charge in [0.05, 0.1) is 49.2 Å². The second-order valence-corrected chi connectivity index (χ2v) is 16.6. The molecule has 1 aliphatic carbocycles. The number of alkyl carbamates (subject to hydrolysis) is 2. The normalized spacial score (nSPS) is 21.2. The van der Waals surface area contributed by atoms with Crippen LogP contribution in [0, 0.1) is 17.8 Å². The summed E-state index contributed by atoms with van der Waals surface area (Å²) in [6, 6.07) is 17.3. The Morgan fingerprint density at radius 1 is 0.759 bits per heavy atom. The number of hydrogen-bond donors (Lipinski definition) is 4. The average Bonchev–Trinajstić information content (AvgIpc) is 4.08. The van der Waals surface area contributed by atoms with Gasteiger partial charge in [-0.25, -0.2) is 19.6 Å². The molecule has 58 heavy (non-hydrogen) atoms. The fraction of sp³-hybridized carbons (Fsp3) is 0.455. The molecule has 8 rings (SSSR count). The Labute approximate surface area is 337 Å². The van der Waals surface area contributed by atoms with Gasteiger partial charge in [0.15, 0.2) is 0 Å². The van der Waals surface area contributed by atoms with Crippen molar-refractivity contribution in [2.75, 3.05) is 20.8 Å². The van der Waals surface area contributed by atoms with E-state index in [9.17, 15) is 19.2 Å². The molecular formula is C44H52N8O6. The molecule has 14 nitrogen and oxygen atoms in total. The van der Waals surface area contributed by atoms with Crippen LogP contribution in [0.25, 0.3) is 44.2 Å². The topological polar surface area (TPSA) is 175 Å². The number of nitrogens with one attached hydrogen (secondary N) is 4. The molecule has 3 aliphatic rings. The van der Waals surface area contributed by atoms with Crippen molar-refractivity contribution in [2.45, 2.75) is 90.0 Å². The van der Waals surface area contributed by atoms with Crippen molar-refractivity contribution in [3.63, 3.8) is 0 Å². The molecule has 2 bridgehead atoms.